The molecule has 2 heterocycles. The molecule has 1 saturated heterocycles. The van der Waals surface area contributed by atoms with Gasteiger partial charge in [-0.15, -0.1) is 0 Å². The number of fused-ring (bicyclic) bond motifs is 3. The molecule has 1 fully saturated rings. The van der Waals surface area contributed by atoms with E-state index in [2.05, 4.69) is 9.88 Å². The van der Waals surface area contributed by atoms with E-state index in [1.165, 1.54) is 30.5 Å². The third-order valence-corrected chi connectivity index (χ3v) is 5.21. The number of nitrogens with one attached hydrogen (secondary N) is 1. The topological polar surface area (TPSA) is 45.0 Å². The molecule has 1 aromatic carbocycles. The fourth-order valence-corrected chi connectivity index (χ4v) is 4.16. The summed E-state index contributed by atoms with van der Waals surface area (Å²) in [5.41, 5.74) is 10.7. The minimum absolute atomic E-state index is 0.104. The maximum atomic E-state index is 14.7. The number of nitrogens with two attached hydrogens (primary N) is 1. The number of hydrogen-bond acceptors (Lipinski definition) is 2. The lowest BCUT2D eigenvalue weighted by Crippen LogP contribution is -2.43. The van der Waals surface area contributed by atoms with Gasteiger partial charge >= 0.3 is 0 Å². The SMILES string of the molecule is N[C@H]1CCCN(c2c(F)ccc3[nH]c4c(c23)CCCCC4)C1. The second-order valence-corrected chi connectivity index (χ2v) is 6.81. The molecule has 0 amide bonds. The lowest BCUT2D eigenvalue weighted by molar-refractivity contribution is 0.499. The largest absolute Gasteiger partial charge is 0.367 e. The van der Waals surface area contributed by atoms with Gasteiger partial charge in [-0.05, 0) is 56.2 Å². The number of aromatic nitrogens is 1. The zero-order valence-electron chi connectivity index (χ0n) is 13.0. The van der Waals surface area contributed by atoms with Gasteiger partial charge in [0.1, 0.15) is 5.82 Å². The molecule has 4 rings (SSSR count). The number of piperidine rings is 1. The molecule has 4 heteroatoms. The van der Waals surface area contributed by atoms with E-state index in [0.29, 0.717) is 0 Å². The number of aromatic amines is 1. The van der Waals surface area contributed by atoms with Crippen molar-refractivity contribution >= 4 is 16.6 Å². The molecule has 3 nitrogen and oxygen atoms in total. The van der Waals surface area contributed by atoms with E-state index in [0.717, 1.165) is 55.4 Å². The number of hydrogen-bond donors (Lipinski definition) is 2. The minimum atomic E-state index is -0.104. The second-order valence-electron chi connectivity index (χ2n) is 6.81. The summed E-state index contributed by atoms with van der Waals surface area (Å²) < 4.78 is 14.7. The van der Waals surface area contributed by atoms with E-state index in [1.54, 1.807) is 6.07 Å². The van der Waals surface area contributed by atoms with Crippen molar-refractivity contribution in [2.75, 3.05) is 18.0 Å². The quantitative estimate of drug-likeness (QED) is 0.792. The Hall–Kier alpha value is -1.55. The van der Waals surface area contributed by atoms with Crippen LogP contribution in [0.1, 0.15) is 43.4 Å². The van der Waals surface area contributed by atoms with Crippen LogP contribution in [0.4, 0.5) is 10.1 Å². The lowest BCUT2D eigenvalue weighted by Gasteiger charge is -2.33. The van der Waals surface area contributed by atoms with Gasteiger partial charge in [0.2, 0.25) is 0 Å². The van der Waals surface area contributed by atoms with Crippen LogP contribution >= 0.6 is 0 Å². The molecular weight excluding hydrogens is 277 g/mol. The van der Waals surface area contributed by atoms with E-state index < -0.39 is 0 Å². The first-order valence-corrected chi connectivity index (χ1v) is 8.56. The standard InChI is InChI=1S/C18H24FN3/c19-14-8-9-16-17(13-6-2-1-3-7-15(13)21-16)18(14)22-10-4-5-12(20)11-22/h8-9,12,21H,1-7,10-11,20H2/t12-/m0/s1. The number of H-pyrrole nitrogens is 1. The molecule has 1 aromatic heterocycles. The van der Waals surface area contributed by atoms with E-state index in [9.17, 15) is 4.39 Å². The van der Waals surface area contributed by atoms with Crippen molar-refractivity contribution < 1.29 is 4.39 Å². The number of anilines is 1. The van der Waals surface area contributed by atoms with Crippen molar-refractivity contribution in [1.82, 2.24) is 4.98 Å². The Balaban J connectivity index is 1.88. The summed E-state index contributed by atoms with van der Waals surface area (Å²) in [5.74, 6) is -0.104. The first-order valence-electron chi connectivity index (χ1n) is 8.56. The van der Waals surface area contributed by atoms with E-state index in [1.807, 2.05) is 6.07 Å². The highest BCUT2D eigenvalue weighted by Gasteiger charge is 2.25. The average Bonchev–Trinajstić information content (AvgIpc) is 2.70. The summed E-state index contributed by atoms with van der Waals surface area (Å²) in [7, 11) is 0. The van der Waals surface area contributed by atoms with Crippen molar-refractivity contribution in [3.8, 4) is 0 Å². The van der Waals surface area contributed by atoms with Crippen molar-refractivity contribution in [2.45, 2.75) is 51.0 Å². The Kier molecular flexibility index (Phi) is 3.57. The van der Waals surface area contributed by atoms with Crippen molar-refractivity contribution in [3.63, 3.8) is 0 Å². The van der Waals surface area contributed by atoms with Gasteiger partial charge in [0.25, 0.3) is 0 Å². The number of nitrogens with zero attached hydrogens (tertiary/aromatic N) is 1. The van der Waals surface area contributed by atoms with Gasteiger partial charge in [0, 0.05) is 35.7 Å². The number of benzene rings is 1. The minimum Gasteiger partial charge on any atom is -0.367 e. The smallest absolute Gasteiger partial charge is 0.147 e. The molecule has 2 aromatic rings. The zero-order valence-corrected chi connectivity index (χ0v) is 13.0. The lowest BCUT2D eigenvalue weighted by atomic mass is 10.0. The van der Waals surface area contributed by atoms with Crippen LogP contribution in [-0.2, 0) is 12.8 Å². The first kappa shape index (κ1) is 14.1. The van der Waals surface area contributed by atoms with Crippen LogP contribution in [0.15, 0.2) is 12.1 Å². The van der Waals surface area contributed by atoms with Crippen LogP contribution < -0.4 is 10.6 Å². The summed E-state index contributed by atoms with van der Waals surface area (Å²) in [5, 5.41) is 1.12. The summed E-state index contributed by atoms with van der Waals surface area (Å²) in [6.07, 6.45) is 7.93. The molecule has 3 N–H and O–H groups in total. The first-order chi connectivity index (χ1) is 10.7. The van der Waals surface area contributed by atoms with Crippen molar-refractivity contribution in [2.24, 2.45) is 5.73 Å². The molecule has 0 unspecified atom stereocenters. The highest BCUT2D eigenvalue weighted by molar-refractivity contribution is 5.97. The molecule has 22 heavy (non-hydrogen) atoms. The van der Waals surface area contributed by atoms with Crippen LogP contribution in [0, 0.1) is 5.82 Å². The fraction of sp³-hybridized carbons (Fsp3) is 0.556. The monoisotopic (exact) mass is 301 g/mol. The number of aryl methyl sites for hydroxylation is 2. The van der Waals surface area contributed by atoms with Crippen LogP contribution in [0.2, 0.25) is 0 Å². The summed E-state index contributed by atoms with van der Waals surface area (Å²) in [6, 6.07) is 3.65. The Labute approximate surface area is 130 Å². The molecule has 1 aliphatic heterocycles. The molecule has 2 aliphatic rings. The van der Waals surface area contributed by atoms with Gasteiger partial charge in [-0.1, -0.05) is 6.42 Å². The van der Waals surface area contributed by atoms with Gasteiger partial charge in [0.05, 0.1) is 5.69 Å². The van der Waals surface area contributed by atoms with Crippen molar-refractivity contribution in [1.29, 1.82) is 0 Å². The van der Waals surface area contributed by atoms with Gasteiger partial charge < -0.3 is 15.6 Å². The van der Waals surface area contributed by atoms with E-state index in [4.69, 9.17) is 5.73 Å². The Morgan fingerprint density at radius 2 is 2.00 bits per heavy atom. The van der Waals surface area contributed by atoms with Gasteiger partial charge in [-0.2, -0.15) is 0 Å². The predicted octanol–water partition coefficient (Wildman–Crippen LogP) is 3.50. The van der Waals surface area contributed by atoms with Gasteiger partial charge in [-0.3, -0.25) is 0 Å². The highest BCUT2D eigenvalue weighted by Crippen LogP contribution is 2.37. The Bertz CT molecular complexity index is 691. The molecule has 0 radical (unpaired) electrons. The molecule has 118 valence electrons. The molecule has 0 bridgehead atoms. The molecule has 1 atom stereocenters. The van der Waals surface area contributed by atoms with Gasteiger partial charge in [-0.25, -0.2) is 4.39 Å². The molecule has 0 spiro atoms. The third-order valence-electron chi connectivity index (χ3n) is 5.21. The number of halogens is 1. The van der Waals surface area contributed by atoms with Crippen LogP contribution in [0.5, 0.6) is 0 Å². The maximum absolute atomic E-state index is 14.7. The predicted molar refractivity (Wildman–Crippen MR) is 88.9 cm³/mol. The highest BCUT2D eigenvalue weighted by atomic mass is 19.1. The van der Waals surface area contributed by atoms with Crippen LogP contribution in [0.3, 0.4) is 0 Å². The summed E-state index contributed by atoms with van der Waals surface area (Å²) in [6.45, 7) is 1.67. The fourth-order valence-electron chi connectivity index (χ4n) is 4.16. The summed E-state index contributed by atoms with van der Waals surface area (Å²) >= 11 is 0. The van der Waals surface area contributed by atoms with E-state index >= 15 is 0 Å². The molecule has 0 saturated carbocycles. The van der Waals surface area contributed by atoms with Gasteiger partial charge in [0.15, 0.2) is 0 Å². The zero-order chi connectivity index (χ0) is 15.1. The molecule has 1 aliphatic carbocycles. The normalized spacial score (nSPS) is 22.6. The van der Waals surface area contributed by atoms with Crippen molar-refractivity contribution in [3.05, 3.63) is 29.2 Å². The van der Waals surface area contributed by atoms with Crippen LogP contribution in [0.25, 0.3) is 10.9 Å². The van der Waals surface area contributed by atoms with Crippen LogP contribution in [-0.4, -0.2) is 24.1 Å². The second kappa shape index (κ2) is 5.58. The third kappa shape index (κ3) is 2.30. The summed E-state index contributed by atoms with van der Waals surface area (Å²) in [4.78, 5) is 5.72. The Morgan fingerprint density at radius 1 is 1.14 bits per heavy atom. The Morgan fingerprint density at radius 3 is 2.86 bits per heavy atom. The number of rotatable bonds is 1. The maximum Gasteiger partial charge on any atom is 0.147 e. The van der Waals surface area contributed by atoms with E-state index in [-0.39, 0.29) is 11.9 Å². The average molecular weight is 301 g/mol. The molecular formula is C18H24FN3.